The molecule has 0 aliphatic rings. The lowest BCUT2D eigenvalue weighted by molar-refractivity contribution is -0.139. The number of carboxylic acid groups (broad SMARTS) is 2. The number of carboxylic acids is 2. The summed E-state index contributed by atoms with van der Waals surface area (Å²) < 4.78 is 0. The highest BCUT2D eigenvalue weighted by Crippen LogP contribution is 2.16. The topological polar surface area (TPSA) is 705 Å². The molecule has 127 heavy (non-hydrogen) atoms. The van der Waals surface area contributed by atoms with E-state index in [-0.39, 0.29) is 69.7 Å². The van der Waals surface area contributed by atoms with Gasteiger partial charge in [0, 0.05) is 39.0 Å². The molecule has 0 spiro atoms. The molecule has 0 saturated carbocycles. The van der Waals surface area contributed by atoms with Crippen LogP contribution in [0.3, 0.4) is 0 Å². The lowest BCUT2D eigenvalue weighted by atomic mass is 10.00. The average molecular weight is 1790 g/mol. The van der Waals surface area contributed by atoms with Crippen LogP contribution in [0.15, 0.2) is 84.9 Å². The largest absolute Gasteiger partial charge is 0.508 e. The number of nitrogens with two attached hydrogens (primary N) is 3. The fraction of sp³-hybridized carbons (Fsp3) is 0.542. The zero-order chi connectivity index (χ0) is 95.3. The Labute approximate surface area is 734 Å². The maximum Gasteiger partial charge on any atom is 0.303 e. The van der Waals surface area contributed by atoms with Crippen LogP contribution >= 0.6 is 0 Å². The van der Waals surface area contributed by atoms with E-state index in [1.54, 1.807) is 74.5 Å². The molecule has 0 aliphatic heterocycles. The number of carbonyl (C=O) groups is 20. The molecule has 0 saturated heterocycles. The summed E-state index contributed by atoms with van der Waals surface area (Å²) in [5.41, 5.74) is 18.0. The Morgan fingerprint density at radius 2 is 0.567 bits per heavy atom. The number of aromatic hydroxyl groups is 1. The van der Waals surface area contributed by atoms with Crippen LogP contribution in [-0.2, 0) is 115 Å². The van der Waals surface area contributed by atoms with Crippen LogP contribution in [0, 0.1) is 5.92 Å². The highest BCUT2D eigenvalue weighted by Gasteiger charge is 2.38. The van der Waals surface area contributed by atoms with Gasteiger partial charge in [0.1, 0.15) is 102 Å². The number of phenols is 1. The molecule has 3 aromatic carbocycles. The molecule has 44 heteroatoms. The maximum absolute atomic E-state index is 14.7. The summed E-state index contributed by atoms with van der Waals surface area (Å²) in [5, 5.41) is 80.7. The van der Waals surface area contributed by atoms with E-state index < -0.39 is 254 Å². The van der Waals surface area contributed by atoms with Crippen LogP contribution in [-0.4, -0.2) is 262 Å². The molecular weight excluding hydrogens is 1660 g/mol. The summed E-state index contributed by atoms with van der Waals surface area (Å²) in [7, 11) is 0. The number of amides is 18. The van der Waals surface area contributed by atoms with Crippen LogP contribution in [0.4, 0.5) is 0 Å². The molecule has 3 aromatic rings. The lowest BCUT2D eigenvalue weighted by Crippen LogP contribution is -2.60. The molecule has 16 atom stereocenters. The Morgan fingerprint density at radius 3 is 0.874 bits per heavy atom. The van der Waals surface area contributed by atoms with Gasteiger partial charge < -0.3 is 128 Å². The van der Waals surface area contributed by atoms with Gasteiger partial charge in [-0.05, 0) is 154 Å². The van der Waals surface area contributed by atoms with Crippen LogP contribution in [0.1, 0.15) is 157 Å². The first-order valence-corrected chi connectivity index (χ1v) is 41.6. The molecule has 0 aromatic heterocycles. The minimum Gasteiger partial charge on any atom is -0.508 e. The number of hydrogen-bond acceptors (Lipinski definition) is 24. The summed E-state index contributed by atoms with van der Waals surface area (Å²) in [6.07, 6.45) is -1.76. The Balaban J connectivity index is 1.85. The van der Waals surface area contributed by atoms with E-state index in [1.165, 1.54) is 72.7 Å². The first kappa shape index (κ1) is 108. The Kier molecular flexibility index (Phi) is 47.5. The van der Waals surface area contributed by atoms with Crippen molar-refractivity contribution >= 4 is 118 Å². The quantitative estimate of drug-likeness (QED) is 0.0234. The van der Waals surface area contributed by atoms with Crippen molar-refractivity contribution < 1.29 is 116 Å². The third-order valence-corrected chi connectivity index (χ3v) is 19.5. The van der Waals surface area contributed by atoms with E-state index in [4.69, 9.17) is 17.2 Å². The minimum atomic E-state index is -1.71. The number of rotatable bonds is 57. The molecule has 3 rings (SSSR count). The molecule has 700 valence electrons. The number of phenolic OH excluding ortho intramolecular Hbond substituents is 1. The SMILES string of the molecule is CC(=O)N[C@@H](CO)C(=O)N[C@@H](C)C(=O)N[C@@H](C)C(=O)N[C@@H](CCC(=O)O)C(=O)N[C@@H](C)C(=O)N[C@@H](Cc1ccccc1)C(=O)N[C@@H](C)C(=O)N[C@@H](CCCCN)C(=O)N[C@@H](CC(C)C)C(=O)N[C@@H](Cc1ccc(O)cc1)C(=O)N[C@@H](C)C(=O)N[C@@H](CCC(=O)O)C(=O)N[C@@H](C)C(=O)N[C@@H](Cc1ccccc1)C(=O)N[C@@H](C)C(=O)N[C@@H](CCCCN)C(=O)NCC(N)=O. The Bertz CT molecular complexity index is 4260. The maximum atomic E-state index is 14.7. The molecule has 0 unspecified atom stereocenters. The summed E-state index contributed by atoms with van der Waals surface area (Å²) in [4.78, 5) is 268. The fourth-order valence-electron chi connectivity index (χ4n) is 12.2. The second-order valence-corrected chi connectivity index (χ2v) is 31.0. The van der Waals surface area contributed by atoms with Crippen molar-refractivity contribution in [2.45, 2.75) is 256 Å². The molecule has 44 nitrogen and oxygen atoms in total. The van der Waals surface area contributed by atoms with Crippen molar-refractivity contribution in [3.8, 4) is 5.75 Å². The number of hydrogen-bond donors (Lipinski definition) is 24. The minimum absolute atomic E-state index is 0.0830. The predicted molar refractivity (Wildman–Crippen MR) is 457 cm³/mol. The van der Waals surface area contributed by atoms with Gasteiger partial charge in [-0.15, -0.1) is 0 Å². The zero-order valence-corrected chi connectivity index (χ0v) is 72.8. The summed E-state index contributed by atoms with van der Waals surface area (Å²) in [6.45, 7) is 12.3. The van der Waals surface area contributed by atoms with Crippen LogP contribution in [0.25, 0.3) is 0 Å². The van der Waals surface area contributed by atoms with Crippen LogP contribution < -0.4 is 108 Å². The third-order valence-electron chi connectivity index (χ3n) is 19.5. The highest BCUT2D eigenvalue weighted by molar-refractivity contribution is 6.01. The predicted octanol–water partition coefficient (Wildman–Crippen LogP) is -6.04. The first-order chi connectivity index (χ1) is 59.9. The molecule has 18 amide bonds. The van der Waals surface area contributed by atoms with Gasteiger partial charge in [0.15, 0.2) is 0 Å². The van der Waals surface area contributed by atoms with E-state index in [0.29, 0.717) is 36.0 Å². The number of benzene rings is 3. The van der Waals surface area contributed by atoms with Gasteiger partial charge in [-0.3, -0.25) is 95.9 Å². The van der Waals surface area contributed by atoms with E-state index >= 15 is 0 Å². The molecule has 0 aliphatic carbocycles. The Hall–Kier alpha value is -13.3. The van der Waals surface area contributed by atoms with Crippen LogP contribution in [0.5, 0.6) is 5.75 Å². The number of aliphatic hydroxyl groups is 1. The monoisotopic (exact) mass is 1780 g/mol. The van der Waals surface area contributed by atoms with Crippen molar-refractivity contribution in [2.24, 2.45) is 23.1 Å². The third kappa shape index (κ3) is 41.0. The second kappa shape index (κ2) is 55.9. The summed E-state index contributed by atoms with van der Waals surface area (Å²) >= 11 is 0. The van der Waals surface area contributed by atoms with Gasteiger partial charge >= 0.3 is 11.9 Å². The number of aliphatic hydroxyl groups excluding tert-OH is 1. The highest BCUT2D eigenvalue weighted by atomic mass is 16.4. The van der Waals surface area contributed by atoms with Gasteiger partial charge in [0.05, 0.1) is 13.2 Å². The number of aliphatic carboxylic acids is 2. The van der Waals surface area contributed by atoms with E-state index in [9.17, 15) is 116 Å². The molecule has 0 bridgehead atoms. The van der Waals surface area contributed by atoms with Crippen molar-refractivity contribution in [1.82, 2.24) is 90.4 Å². The molecule has 0 heterocycles. The van der Waals surface area contributed by atoms with Crippen LogP contribution in [0.2, 0.25) is 0 Å². The van der Waals surface area contributed by atoms with E-state index in [1.807, 2.05) is 0 Å². The molecular formula is C83H124N20O24. The number of carbonyl (C=O) groups excluding carboxylic acids is 18. The van der Waals surface area contributed by atoms with Gasteiger partial charge in [0.25, 0.3) is 0 Å². The van der Waals surface area contributed by atoms with Gasteiger partial charge in [-0.2, -0.15) is 0 Å². The van der Waals surface area contributed by atoms with Crippen molar-refractivity contribution in [3.63, 3.8) is 0 Å². The van der Waals surface area contributed by atoms with Gasteiger partial charge in [-0.1, -0.05) is 86.6 Å². The standard InChI is InChI=1S/C83H124N20O24/c1-43(2)37-60(102-78(122)57(26-18-20-36-85)97-71(115)47(6)92-80(124)62(39-53-23-15-12-16-24-53)101-73(117)49(8)89-76(120)58(31-33-66(108)109)98-69(113)45(4)88-68(112)44(3)94-83(127)64(42-104)95-51(10)105)82(126)103-63(40-54-27-29-55(106)30-28-54)81(125)93-48(7)72(116)99-59(32-34-67(110)111)77(121)90-50(9)74(118)100-61(38-52-21-13-11-14-22-52)79(123)91-46(5)70(114)96-56(25-17-19-35-84)75(119)87-41-65(86)107/h11-16,21-24,27-30,43-50,56-64,104,106H,17-20,25-26,31-42,84-85H2,1-10H3,(H2,86,107)(H,87,119)(H,88,112)(H,89,120)(H,90,121)(H,91,123)(H,92,124)(H,93,125)(H,94,127)(H,95,105)(H,96,114)(H,97,115)(H,98,113)(H,99,116)(H,100,118)(H,101,117)(H,102,122)(H,103,126)(H,108,109)(H,110,111)/t44-,45-,46-,47-,48-,49-,50-,56-,57-,58-,59-,60-,61-,62-,63-,64-/m0/s1. The van der Waals surface area contributed by atoms with Crippen molar-refractivity contribution in [2.75, 3.05) is 26.2 Å². The zero-order valence-electron chi connectivity index (χ0n) is 72.8. The number of primary amides is 1. The smallest absolute Gasteiger partial charge is 0.303 e. The lowest BCUT2D eigenvalue weighted by Gasteiger charge is -2.28. The van der Waals surface area contributed by atoms with E-state index in [0.717, 1.165) is 6.92 Å². The summed E-state index contributed by atoms with van der Waals surface area (Å²) in [6, 6.07) is -1.49. The number of nitrogens with one attached hydrogen (secondary N) is 17. The van der Waals surface area contributed by atoms with Crippen molar-refractivity contribution in [3.05, 3.63) is 102 Å². The van der Waals surface area contributed by atoms with Crippen molar-refractivity contribution in [1.29, 1.82) is 0 Å². The fourth-order valence-corrected chi connectivity index (χ4v) is 12.2. The molecule has 0 radical (unpaired) electrons. The first-order valence-electron chi connectivity index (χ1n) is 41.6. The van der Waals surface area contributed by atoms with Gasteiger partial charge in [0.2, 0.25) is 106 Å². The summed E-state index contributed by atoms with van der Waals surface area (Å²) in [5.74, 6) is -20.0. The average Bonchev–Trinajstić information content (AvgIpc) is 0.859. The Morgan fingerprint density at radius 1 is 0.307 bits per heavy atom. The van der Waals surface area contributed by atoms with Gasteiger partial charge in [-0.25, -0.2) is 0 Å². The molecule has 27 N–H and O–H groups in total. The number of unbranched alkanes of at least 4 members (excludes halogenated alkanes) is 2. The second-order valence-electron chi connectivity index (χ2n) is 31.0. The normalized spacial score (nSPS) is 14.8. The molecule has 0 fully saturated rings. The van der Waals surface area contributed by atoms with E-state index in [2.05, 4.69) is 90.4 Å².